The molecule has 4 heterocycles. The van der Waals surface area contributed by atoms with Gasteiger partial charge in [-0.15, -0.1) is 0 Å². The molecule has 2 unspecified atom stereocenters. The highest BCUT2D eigenvalue weighted by Crippen LogP contribution is 2.52. The quantitative estimate of drug-likeness (QED) is 0.425. The maximum atomic E-state index is 14.7. The molecule has 0 amide bonds. The van der Waals surface area contributed by atoms with Crippen molar-refractivity contribution < 1.29 is 13.5 Å². The van der Waals surface area contributed by atoms with Crippen molar-refractivity contribution in [2.45, 2.75) is 37.9 Å². The number of anilines is 1. The summed E-state index contributed by atoms with van der Waals surface area (Å²) in [6.07, 6.45) is 7.49. The molecular weight excluding hydrogens is 546 g/mol. The Morgan fingerprint density at radius 3 is 2.73 bits per heavy atom. The molecule has 1 saturated heterocycles. The Morgan fingerprint density at radius 2 is 2.05 bits per heavy atom. The van der Waals surface area contributed by atoms with Crippen molar-refractivity contribution in [1.29, 1.82) is 5.26 Å². The van der Waals surface area contributed by atoms with Gasteiger partial charge in [0.1, 0.15) is 11.6 Å². The highest BCUT2D eigenvalue weighted by atomic mass is 32.2. The molecule has 41 heavy (non-hydrogen) atoms. The number of ether oxygens (including phenoxy) is 1. The predicted octanol–water partition coefficient (Wildman–Crippen LogP) is 4.04. The Kier molecular flexibility index (Phi) is 7.61. The van der Waals surface area contributed by atoms with Crippen LogP contribution in [0.15, 0.2) is 40.6 Å². The number of fused-ring (bicyclic) bond motifs is 2. The van der Waals surface area contributed by atoms with E-state index in [1.54, 1.807) is 12.3 Å². The summed E-state index contributed by atoms with van der Waals surface area (Å²) < 4.78 is 35.7. The van der Waals surface area contributed by atoms with E-state index in [-0.39, 0.29) is 22.0 Å². The minimum Gasteiger partial charge on any atom is -0.463 e. The number of hydrogen-bond donors (Lipinski definition) is 2. The summed E-state index contributed by atoms with van der Waals surface area (Å²) in [6.45, 7) is 7.56. The minimum absolute atomic E-state index is 0.129. The molecule has 2 aromatic rings. The smallest absolute Gasteiger partial charge is 0.318 e. The zero-order chi connectivity index (χ0) is 28.7. The summed E-state index contributed by atoms with van der Waals surface area (Å²) in [5.41, 5.74) is 13.6. The molecule has 9 nitrogen and oxygen atoms in total. The van der Waals surface area contributed by atoms with Crippen LogP contribution in [0, 0.1) is 22.7 Å². The molecule has 2 aliphatic heterocycles. The van der Waals surface area contributed by atoms with Gasteiger partial charge in [-0.2, -0.15) is 15.2 Å². The van der Waals surface area contributed by atoms with Crippen LogP contribution < -0.4 is 21.1 Å². The lowest BCUT2D eigenvalue weighted by Crippen LogP contribution is -2.32. The van der Waals surface area contributed by atoms with Gasteiger partial charge in [0.05, 0.1) is 45.1 Å². The van der Waals surface area contributed by atoms with Gasteiger partial charge in [-0.3, -0.25) is 4.98 Å². The van der Waals surface area contributed by atoms with E-state index in [2.05, 4.69) is 16.0 Å². The Hall–Kier alpha value is -3.27. The molecule has 2 atom stereocenters. The van der Waals surface area contributed by atoms with E-state index >= 15 is 0 Å². The maximum Gasteiger partial charge on any atom is 0.318 e. The van der Waals surface area contributed by atoms with Gasteiger partial charge in [0, 0.05) is 43.7 Å². The summed E-state index contributed by atoms with van der Waals surface area (Å²) >= 11 is 0.965. The van der Waals surface area contributed by atoms with Gasteiger partial charge in [0.2, 0.25) is 0 Å². The lowest BCUT2D eigenvalue weighted by molar-refractivity contribution is 0.170. The largest absolute Gasteiger partial charge is 0.463 e. The van der Waals surface area contributed by atoms with E-state index in [4.69, 9.17) is 26.2 Å². The second-order valence-electron chi connectivity index (χ2n) is 11.3. The molecule has 2 aromatic heterocycles. The average Bonchev–Trinajstić information content (AvgIpc) is 3.37. The summed E-state index contributed by atoms with van der Waals surface area (Å²) in [6, 6.07) is 4.08. The van der Waals surface area contributed by atoms with Crippen LogP contribution in [-0.2, 0) is 0 Å². The number of thioether (sulfide) groups is 1. The fourth-order valence-electron chi connectivity index (χ4n) is 6.06. The molecule has 0 bridgehead atoms. The van der Waals surface area contributed by atoms with Gasteiger partial charge in [-0.1, -0.05) is 11.8 Å². The van der Waals surface area contributed by atoms with Crippen molar-refractivity contribution in [3.05, 3.63) is 46.3 Å². The van der Waals surface area contributed by atoms with Crippen molar-refractivity contribution >= 4 is 34.1 Å². The Morgan fingerprint density at radius 1 is 1.27 bits per heavy atom. The lowest BCUT2D eigenvalue weighted by atomic mass is 9.83. The zero-order valence-electron chi connectivity index (χ0n) is 23.1. The fourth-order valence-corrected chi connectivity index (χ4v) is 7.27. The molecule has 12 heteroatoms. The molecule has 1 saturated carbocycles. The average molecular weight is 581 g/mol. The second-order valence-corrected chi connectivity index (χ2v) is 12.4. The standard InChI is InChI=1S/C29H34F2N8OS/c1-2-39(10-7-32)27-19-14-35-21(17-11-20(30)24(31)25-23(17)18(13-33)26(34)41-25)12-22(19)36-28(37-27)40-16-29(5-6-29)15-38-8-3-4-9-38/h11-12,14,23,25H,2-10,15-16,32,34H2,1H3. The first-order valence-electron chi connectivity index (χ1n) is 14.2. The Bertz CT molecular complexity index is 1490. The number of pyridine rings is 1. The monoisotopic (exact) mass is 580 g/mol. The number of halogens is 2. The molecule has 216 valence electrons. The molecular formula is C29H34F2N8OS. The maximum absolute atomic E-state index is 14.7. The third-order valence-electron chi connectivity index (χ3n) is 8.49. The fraction of sp³-hybridized carbons (Fsp3) is 0.517. The first-order valence-corrected chi connectivity index (χ1v) is 15.1. The Labute approximate surface area is 242 Å². The molecule has 4 aliphatic rings. The number of nitrogens with two attached hydrogens (primary N) is 2. The van der Waals surface area contributed by atoms with Gasteiger partial charge in [0.25, 0.3) is 0 Å². The van der Waals surface area contributed by atoms with Gasteiger partial charge >= 0.3 is 6.01 Å². The number of nitrogens with zero attached hydrogens (tertiary/aromatic N) is 6. The number of likely N-dealkylation sites (N-methyl/N-ethyl adjacent to an activating group) is 1. The molecule has 4 N–H and O–H groups in total. The number of aromatic nitrogens is 3. The number of hydrogen-bond acceptors (Lipinski definition) is 10. The zero-order valence-corrected chi connectivity index (χ0v) is 23.9. The highest BCUT2D eigenvalue weighted by Gasteiger charge is 2.46. The van der Waals surface area contributed by atoms with E-state index in [9.17, 15) is 14.0 Å². The molecule has 2 fully saturated rings. The van der Waals surface area contributed by atoms with Crippen LogP contribution in [0.3, 0.4) is 0 Å². The topological polar surface area (TPSA) is 130 Å². The van der Waals surface area contributed by atoms with Crippen molar-refractivity contribution in [2.24, 2.45) is 22.8 Å². The van der Waals surface area contributed by atoms with Gasteiger partial charge < -0.3 is 26.0 Å². The van der Waals surface area contributed by atoms with Gasteiger partial charge in [-0.25, -0.2) is 8.78 Å². The van der Waals surface area contributed by atoms with Crippen LogP contribution in [-0.4, -0.2) is 71.0 Å². The summed E-state index contributed by atoms with van der Waals surface area (Å²) in [7, 11) is 0. The molecule has 0 aromatic carbocycles. The van der Waals surface area contributed by atoms with Crippen LogP contribution in [0.25, 0.3) is 16.5 Å². The van der Waals surface area contributed by atoms with Gasteiger partial charge in [-0.05, 0) is 63.4 Å². The van der Waals surface area contributed by atoms with Crippen LogP contribution >= 0.6 is 11.8 Å². The van der Waals surface area contributed by atoms with E-state index < -0.39 is 22.8 Å². The third kappa shape index (κ3) is 5.27. The summed E-state index contributed by atoms with van der Waals surface area (Å²) in [5, 5.41) is 9.71. The third-order valence-corrected chi connectivity index (χ3v) is 9.69. The number of likely N-dealkylation sites (tertiary alicyclic amines) is 1. The van der Waals surface area contributed by atoms with Crippen LogP contribution in [0.5, 0.6) is 6.01 Å². The normalized spacial score (nSPS) is 23.5. The number of rotatable bonds is 10. The van der Waals surface area contributed by atoms with Crippen LogP contribution in [0.2, 0.25) is 0 Å². The predicted molar refractivity (Wildman–Crippen MR) is 156 cm³/mol. The lowest BCUT2D eigenvalue weighted by Gasteiger charge is -2.26. The van der Waals surface area contributed by atoms with Crippen molar-refractivity contribution in [3.8, 4) is 12.1 Å². The highest BCUT2D eigenvalue weighted by molar-refractivity contribution is 8.04. The van der Waals surface area contributed by atoms with Crippen molar-refractivity contribution in [2.75, 3.05) is 50.8 Å². The summed E-state index contributed by atoms with van der Waals surface area (Å²) in [4.78, 5) is 18.7. The molecule has 6 rings (SSSR count). The van der Waals surface area contributed by atoms with E-state index in [1.807, 2.05) is 11.8 Å². The Balaban J connectivity index is 1.37. The molecule has 0 spiro atoms. The summed E-state index contributed by atoms with van der Waals surface area (Å²) in [5.74, 6) is -1.98. The van der Waals surface area contributed by atoms with E-state index in [0.717, 1.165) is 50.3 Å². The van der Waals surface area contributed by atoms with Crippen molar-refractivity contribution in [1.82, 2.24) is 19.9 Å². The number of allylic oxidation sites excluding steroid dienone is 4. The SMILES string of the molecule is CCN(CCN)c1nc(OCC2(CN3CCCC3)CC2)nc2cc(C3=CC(F)=C(F)C4SC(N)=C(C#N)C34)ncc12. The first-order chi connectivity index (χ1) is 19.9. The first kappa shape index (κ1) is 27.9. The van der Waals surface area contributed by atoms with Crippen LogP contribution in [0.1, 0.15) is 38.3 Å². The minimum atomic E-state index is -0.983. The van der Waals surface area contributed by atoms with Crippen molar-refractivity contribution in [3.63, 3.8) is 0 Å². The van der Waals surface area contributed by atoms with Gasteiger partial charge in [0.15, 0.2) is 5.83 Å². The van der Waals surface area contributed by atoms with E-state index in [1.165, 1.54) is 12.8 Å². The molecule has 0 radical (unpaired) electrons. The number of nitriles is 1. The second kappa shape index (κ2) is 11.2. The van der Waals surface area contributed by atoms with Crippen LogP contribution in [0.4, 0.5) is 14.6 Å². The van der Waals surface area contributed by atoms with E-state index in [0.29, 0.717) is 54.2 Å². The molecule has 2 aliphatic carbocycles.